The van der Waals surface area contributed by atoms with Crippen LogP contribution in [0.5, 0.6) is 0 Å². The molecular weight excluding hydrogens is 344 g/mol. The number of hydrogen-bond donors (Lipinski definition) is 2. The highest BCUT2D eigenvalue weighted by Gasteiger charge is 2.07. The minimum Gasteiger partial charge on any atom is -0.395 e. The third kappa shape index (κ3) is 6.37. The normalized spacial score (nSPS) is 11.1. The number of nitrogens with zero attached hydrogens (tertiary/aromatic N) is 3. The molecular formula is C20H30N4O3. The van der Waals surface area contributed by atoms with Crippen LogP contribution in [0.25, 0.3) is 0 Å². The molecule has 0 aliphatic rings. The van der Waals surface area contributed by atoms with Crippen LogP contribution in [-0.4, -0.2) is 51.9 Å². The van der Waals surface area contributed by atoms with Gasteiger partial charge < -0.3 is 10.4 Å². The molecule has 27 heavy (non-hydrogen) atoms. The molecule has 1 aromatic carbocycles. The summed E-state index contributed by atoms with van der Waals surface area (Å²) in [7, 11) is 3.10. The maximum absolute atomic E-state index is 11.9. The number of nitrogens with one attached hydrogen (secondary N) is 1. The summed E-state index contributed by atoms with van der Waals surface area (Å²) in [6.45, 7) is 2.96. The summed E-state index contributed by atoms with van der Waals surface area (Å²) in [6.07, 6.45) is 3.21. The summed E-state index contributed by atoms with van der Waals surface area (Å²) >= 11 is 0. The fraction of sp³-hybridized carbons (Fsp3) is 0.500. The molecule has 0 radical (unpaired) electrons. The summed E-state index contributed by atoms with van der Waals surface area (Å²) in [5, 5.41) is 12.4. The molecule has 1 heterocycles. The Kier molecular flexibility index (Phi) is 8.29. The maximum atomic E-state index is 11.9. The van der Waals surface area contributed by atoms with E-state index in [0.717, 1.165) is 36.9 Å². The lowest BCUT2D eigenvalue weighted by atomic mass is 10.1. The van der Waals surface area contributed by atoms with Gasteiger partial charge in [-0.1, -0.05) is 30.3 Å². The molecule has 0 bridgehead atoms. The molecule has 1 aromatic heterocycles. The lowest BCUT2D eigenvalue weighted by molar-refractivity contribution is 0.198. The first-order valence-corrected chi connectivity index (χ1v) is 9.41. The summed E-state index contributed by atoms with van der Waals surface area (Å²) < 4.78 is 2.51. The molecule has 0 saturated carbocycles. The third-order valence-corrected chi connectivity index (χ3v) is 4.71. The van der Waals surface area contributed by atoms with E-state index in [0.29, 0.717) is 18.9 Å². The summed E-state index contributed by atoms with van der Waals surface area (Å²) in [6, 6.07) is 11.9. The van der Waals surface area contributed by atoms with Crippen LogP contribution in [0.15, 0.2) is 46.0 Å². The second kappa shape index (κ2) is 10.7. The predicted molar refractivity (Wildman–Crippen MR) is 108 cm³/mol. The zero-order chi connectivity index (χ0) is 19.6. The van der Waals surface area contributed by atoms with E-state index in [2.05, 4.69) is 34.5 Å². The first-order chi connectivity index (χ1) is 13.0. The van der Waals surface area contributed by atoms with Crippen molar-refractivity contribution in [1.29, 1.82) is 0 Å². The molecule has 0 amide bonds. The second-order valence-electron chi connectivity index (χ2n) is 6.70. The van der Waals surface area contributed by atoms with Crippen LogP contribution in [0.1, 0.15) is 18.4 Å². The lowest BCUT2D eigenvalue weighted by Gasteiger charge is -2.22. The van der Waals surface area contributed by atoms with Crippen molar-refractivity contribution in [2.45, 2.75) is 19.3 Å². The Bertz CT molecular complexity index is 814. The number of aliphatic hydroxyl groups excluding tert-OH is 1. The van der Waals surface area contributed by atoms with Crippen molar-refractivity contribution in [2.24, 2.45) is 14.1 Å². The molecule has 2 N–H and O–H groups in total. The predicted octanol–water partition coefficient (Wildman–Crippen LogP) is 0.813. The SMILES string of the molecule is Cn1c(NCCN(CCO)CCCCc2ccccc2)cc(=O)n(C)c1=O. The first-order valence-electron chi connectivity index (χ1n) is 9.41. The first kappa shape index (κ1) is 20.9. The summed E-state index contributed by atoms with van der Waals surface area (Å²) in [4.78, 5) is 25.9. The maximum Gasteiger partial charge on any atom is 0.332 e. The van der Waals surface area contributed by atoms with E-state index in [9.17, 15) is 14.7 Å². The van der Waals surface area contributed by atoms with Gasteiger partial charge in [0, 0.05) is 39.8 Å². The standard InChI is InChI=1S/C20H30N4O3/c1-22-18(16-19(26)23(2)20(22)27)21-11-13-24(14-15-25)12-7-6-10-17-8-4-3-5-9-17/h3-5,8-9,16,21,25H,6-7,10-15H2,1-2H3. The molecule has 0 atom stereocenters. The molecule has 0 aliphatic carbocycles. The van der Waals surface area contributed by atoms with Gasteiger partial charge in [-0.3, -0.25) is 18.8 Å². The van der Waals surface area contributed by atoms with Crippen LogP contribution >= 0.6 is 0 Å². The van der Waals surface area contributed by atoms with Crippen molar-refractivity contribution in [3.05, 3.63) is 62.8 Å². The number of unbranched alkanes of at least 4 members (excludes halogenated alkanes) is 1. The Morgan fingerprint density at radius 1 is 1.00 bits per heavy atom. The van der Waals surface area contributed by atoms with Gasteiger partial charge in [0.05, 0.1) is 6.61 Å². The van der Waals surface area contributed by atoms with Gasteiger partial charge >= 0.3 is 5.69 Å². The Hall–Kier alpha value is -2.38. The average molecular weight is 374 g/mol. The number of aromatic nitrogens is 2. The van der Waals surface area contributed by atoms with E-state index >= 15 is 0 Å². The Balaban J connectivity index is 1.79. The molecule has 0 aliphatic heterocycles. The molecule has 7 nitrogen and oxygen atoms in total. The molecule has 2 rings (SSSR count). The number of hydrogen-bond acceptors (Lipinski definition) is 5. The van der Waals surface area contributed by atoms with Gasteiger partial charge in [-0.25, -0.2) is 4.79 Å². The van der Waals surface area contributed by atoms with Crippen molar-refractivity contribution >= 4 is 5.82 Å². The third-order valence-electron chi connectivity index (χ3n) is 4.71. The number of benzene rings is 1. The Morgan fingerprint density at radius 3 is 2.44 bits per heavy atom. The van der Waals surface area contributed by atoms with Crippen molar-refractivity contribution in [2.75, 3.05) is 38.1 Å². The molecule has 0 fully saturated rings. The highest BCUT2D eigenvalue weighted by molar-refractivity contribution is 5.33. The smallest absolute Gasteiger partial charge is 0.332 e. The zero-order valence-corrected chi connectivity index (χ0v) is 16.2. The van der Waals surface area contributed by atoms with E-state index < -0.39 is 0 Å². The molecule has 148 valence electrons. The largest absolute Gasteiger partial charge is 0.395 e. The van der Waals surface area contributed by atoms with Crippen LogP contribution in [0.3, 0.4) is 0 Å². The van der Waals surface area contributed by atoms with Crippen LogP contribution in [0.4, 0.5) is 5.82 Å². The van der Waals surface area contributed by atoms with Crippen molar-refractivity contribution in [3.63, 3.8) is 0 Å². The summed E-state index contributed by atoms with van der Waals surface area (Å²) in [5.74, 6) is 0.510. The quantitative estimate of drug-likeness (QED) is 0.569. The molecule has 0 spiro atoms. The zero-order valence-electron chi connectivity index (χ0n) is 16.2. The second-order valence-corrected chi connectivity index (χ2v) is 6.70. The number of rotatable bonds is 11. The summed E-state index contributed by atoms with van der Waals surface area (Å²) in [5.41, 5.74) is 0.673. The molecule has 0 unspecified atom stereocenters. The Labute approximate surface area is 159 Å². The van der Waals surface area contributed by atoms with Gasteiger partial charge in [0.15, 0.2) is 0 Å². The van der Waals surface area contributed by atoms with Crippen LogP contribution in [0, 0.1) is 0 Å². The minimum atomic E-state index is -0.349. The van der Waals surface area contributed by atoms with Crippen LogP contribution in [0.2, 0.25) is 0 Å². The van der Waals surface area contributed by atoms with Gasteiger partial charge in [0.25, 0.3) is 5.56 Å². The van der Waals surface area contributed by atoms with E-state index in [-0.39, 0.29) is 17.9 Å². The average Bonchev–Trinajstić information content (AvgIpc) is 2.68. The van der Waals surface area contributed by atoms with Gasteiger partial charge in [-0.05, 0) is 31.4 Å². The lowest BCUT2D eigenvalue weighted by Crippen LogP contribution is -2.38. The molecule has 2 aromatic rings. The highest BCUT2D eigenvalue weighted by Crippen LogP contribution is 2.05. The van der Waals surface area contributed by atoms with Gasteiger partial charge in [0.2, 0.25) is 0 Å². The highest BCUT2D eigenvalue weighted by atomic mass is 16.3. The minimum absolute atomic E-state index is 0.114. The van der Waals surface area contributed by atoms with Gasteiger partial charge in [-0.2, -0.15) is 0 Å². The van der Waals surface area contributed by atoms with Crippen LogP contribution in [-0.2, 0) is 20.5 Å². The van der Waals surface area contributed by atoms with Crippen LogP contribution < -0.4 is 16.6 Å². The topological polar surface area (TPSA) is 79.5 Å². The molecule has 7 heteroatoms. The van der Waals surface area contributed by atoms with Gasteiger partial charge in [-0.15, -0.1) is 0 Å². The Morgan fingerprint density at radius 2 is 1.74 bits per heavy atom. The number of anilines is 1. The fourth-order valence-corrected chi connectivity index (χ4v) is 3.03. The van der Waals surface area contributed by atoms with Gasteiger partial charge in [0.1, 0.15) is 5.82 Å². The van der Waals surface area contributed by atoms with E-state index in [1.165, 1.54) is 23.2 Å². The molecule has 0 saturated heterocycles. The van der Waals surface area contributed by atoms with E-state index in [1.807, 2.05) is 6.07 Å². The van der Waals surface area contributed by atoms with Crippen molar-refractivity contribution in [1.82, 2.24) is 14.0 Å². The monoisotopic (exact) mass is 374 g/mol. The van der Waals surface area contributed by atoms with E-state index in [4.69, 9.17) is 0 Å². The van der Waals surface area contributed by atoms with Crippen molar-refractivity contribution in [3.8, 4) is 0 Å². The van der Waals surface area contributed by atoms with Crippen molar-refractivity contribution < 1.29 is 5.11 Å². The number of aliphatic hydroxyl groups is 1. The number of aryl methyl sites for hydroxylation is 1. The fourth-order valence-electron chi connectivity index (χ4n) is 3.03. The van der Waals surface area contributed by atoms with E-state index in [1.54, 1.807) is 7.05 Å².